The Morgan fingerprint density at radius 1 is 1.44 bits per heavy atom. The Hall–Kier alpha value is -0.500. The number of hydrogen-bond donors (Lipinski definition) is 0. The maximum atomic E-state index is 12.0. The standard InChI is InChI=1S/C9H5ClF3IO2/c1-4(15)5-2-6(10)8(7(14)3-5)16-9(11,12)13/h2-3H,1H3. The molecule has 7 heteroatoms. The van der Waals surface area contributed by atoms with Gasteiger partial charge >= 0.3 is 6.36 Å². The minimum absolute atomic E-state index is 0.132. The molecule has 0 N–H and O–H groups in total. The fourth-order valence-electron chi connectivity index (χ4n) is 0.976. The summed E-state index contributed by atoms with van der Waals surface area (Å²) in [5, 5.41) is -0.241. The molecule has 0 unspecified atom stereocenters. The molecule has 0 saturated carbocycles. The van der Waals surface area contributed by atoms with E-state index in [2.05, 4.69) is 4.74 Å². The second kappa shape index (κ2) is 4.79. The largest absolute Gasteiger partial charge is 0.573 e. The van der Waals surface area contributed by atoms with Crippen molar-refractivity contribution < 1.29 is 22.7 Å². The lowest BCUT2D eigenvalue weighted by atomic mass is 10.1. The number of alkyl halides is 3. The van der Waals surface area contributed by atoms with Gasteiger partial charge in [-0.05, 0) is 41.6 Å². The van der Waals surface area contributed by atoms with Gasteiger partial charge in [-0.2, -0.15) is 0 Å². The van der Waals surface area contributed by atoms with Crippen LogP contribution in [0.5, 0.6) is 5.75 Å². The molecule has 0 aliphatic carbocycles. The van der Waals surface area contributed by atoms with E-state index in [0.29, 0.717) is 0 Å². The molecule has 0 saturated heterocycles. The topological polar surface area (TPSA) is 26.3 Å². The third-order valence-corrected chi connectivity index (χ3v) is 2.70. The van der Waals surface area contributed by atoms with Crippen LogP contribution in [0.3, 0.4) is 0 Å². The van der Waals surface area contributed by atoms with E-state index in [1.54, 1.807) is 22.6 Å². The van der Waals surface area contributed by atoms with Crippen LogP contribution < -0.4 is 4.74 Å². The van der Waals surface area contributed by atoms with Crippen LogP contribution in [0.2, 0.25) is 5.02 Å². The van der Waals surface area contributed by atoms with Gasteiger partial charge in [0.1, 0.15) is 0 Å². The van der Waals surface area contributed by atoms with Crippen molar-refractivity contribution in [3.63, 3.8) is 0 Å². The van der Waals surface area contributed by atoms with E-state index >= 15 is 0 Å². The van der Waals surface area contributed by atoms with Crippen molar-refractivity contribution in [3.05, 3.63) is 26.3 Å². The van der Waals surface area contributed by atoms with E-state index in [-0.39, 0.29) is 19.9 Å². The zero-order chi connectivity index (χ0) is 12.5. The number of carbonyl (C=O) groups excluding carboxylic acids is 1. The zero-order valence-corrected chi connectivity index (χ0v) is 10.8. The molecule has 0 bridgehead atoms. The molecule has 0 atom stereocenters. The van der Waals surface area contributed by atoms with Crippen LogP contribution in [0.4, 0.5) is 13.2 Å². The smallest absolute Gasteiger partial charge is 0.403 e. The van der Waals surface area contributed by atoms with Gasteiger partial charge in [0, 0.05) is 5.56 Å². The van der Waals surface area contributed by atoms with Gasteiger partial charge in [0.25, 0.3) is 0 Å². The van der Waals surface area contributed by atoms with Crippen LogP contribution >= 0.6 is 34.2 Å². The Kier molecular flexibility index (Phi) is 4.06. The minimum atomic E-state index is -4.80. The van der Waals surface area contributed by atoms with Crippen molar-refractivity contribution >= 4 is 40.0 Å². The van der Waals surface area contributed by atoms with E-state index in [4.69, 9.17) is 11.6 Å². The molecule has 1 aromatic carbocycles. The van der Waals surface area contributed by atoms with Gasteiger partial charge in [0.2, 0.25) is 0 Å². The summed E-state index contributed by atoms with van der Waals surface area (Å²) < 4.78 is 39.9. The van der Waals surface area contributed by atoms with Gasteiger partial charge in [-0.3, -0.25) is 4.79 Å². The summed E-state index contributed by atoms with van der Waals surface area (Å²) in [5.41, 5.74) is 0.240. The summed E-state index contributed by atoms with van der Waals surface area (Å²) >= 11 is 7.23. The fourth-order valence-corrected chi connectivity index (χ4v) is 2.13. The number of hydrogen-bond acceptors (Lipinski definition) is 2. The molecule has 0 aliphatic rings. The highest BCUT2D eigenvalue weighted by atomic mass is 127. The van der Waals surface area contributed by atoms with Crippen molar-refractivity contribution in [1.82, 2.24) is 0 Å². The summed E-state index contributed by atoms with van der Waals surface area (Å²) in [6.45, 7) is 1.30. The predicted molar refractivity (Wildman–Crippen MR) is 60.9 cm³/mol. The summed E-state index contributed by atoms with van der Waals surface area (Å²) in [6, 6.07) is 2.43. The first kappa shape index (κ1) is 13.6. The molecule has 0 heterocycles. The third-order valence-electron chi connectivity index (χ3n) is 1.62. The first-order chi connectivity index (χ1) is 7.20. The molecule has 0 fully saturated rings. The minimum Gasteiger partial charge on any atom is -0.403 e. The van der Waals surface area contributed by atoms with Gasteiger partial charge in [-0.15, -0.1) is 13.2 Å². The third kappa shape index (κ3) is 3.51. The Balaban J connectivity index is 3.18. The summed E-state index contributed by atoms with van der Waals surface area (Å²) in [4.78, 5) is 11.0. The van der Waals surface area contributed by atoms with E-state index in [1.165, 1.54) is 13.0 Å². The molecule has 0 spiro atoms. The lowest BCUT2D eigenvalue weighted by molar-refractivity contribution is -0.274. The summed E-state index contributed by atoms with van der Waals surface area (Å²) in [7, 11) is 0. The van der Waals surface area contributed by atoms with Gasteiger partial charge in [0.15, 0.2) is 11.5 Å². The van der Waals surface area contributed by atoms with Crippen LogP contribution in [0, 0.1) is 3.57 Å². The summed E-state index contributed by atoms with van der Waals surface area (Å²) in [6.07, 6.45) is -4.80. The molecule has 0 radical (unpaired) electrons. The number of Topliss-reactive ketones (excluding diaryl/α,β-unsaturated/α-hetero) is 1. The number of ketones is 1. The lowest BCUT2D eigenvalue weighted by Gasteiger charge is -2.12. The highest BCUT2D eigenvalue weighted by molar-refractivity contribution is 14.1. The van der Waals surface area contributed by atoms with E-state index < -0.39 is 12.1 Å². The van der Waals surface area contributed by atoms with E-state index in [0.717, 1.165) is 6.07 Å². The Morgan fingerprint density at radius 3 is 2.38 bits per heavy atom. The second-order valence-electron chi connectivity index (χ2n) is 2.87. The monoisotopic (exact) mass is 364 g/mol. The zero-order valence-electron chi connectivity index (χ0n) is 7.86. The van der Waals surface area contributed by atoms with Gasteiger partial charge in [-0.25, -0.2) is 0 Å². The molecule has 0 aliphatic heterocycles. The molecular formula is C9H5ClF3IO2. The molecule has 2 nitrogen and oxygen atoms in total. The van der Waals surface area contributed by atoms with Crippen molar-refractivity contribution in [2.24, 2.45) is 0 Å². The average molecular weight is 364 g/mol. The number of benzene rings is 1. The van der Waals surface area contributed by atoms with Crippen LogP contribution in [-0.4, -0.2) is 12.1 Å². The molecule has 16 heavy (non-hydrogen) atoms. The normalized spacial score (nSPS) is 11.4. The fraction of sp³-hybridized carbons (Fsp3) is 0.222. The Labute approximate surface area is 108 Å². The highest BCUT2D eigenvalue weighted by Gasteiger charge is 2.33. The van der Waals surface area contributed by atoms with Gasteiger partial charge in [-0.1, -0.05) is 11.6 Å². The van der Waals surface area contributed by atoms with Crippen molar-refractivity contribution in [1.29, 1.82) is 0 Å². The van der Waals surface area contributed by atoms with E-state index in [9.17, 15) is 18.0 Å². The first-order valence-corrected chi connectivity index (χ1v) is 5.42. The van der Waals surface area contributed by atoms with Gasteiger partial charge in [0.05, 0.1) is 8.59 Å². The highest BCUT2D eigenvalue weighted by Crippen LogP contribution is 2.35. The molecular weight excluding hydrogens is 359 g/mol. The van der Waals surface area contributed by atoms with Crippen LogP contribution in [0.15, 0.2) is 12.1 Å². The number of ether oxygens (including phenoxy) is 1. The molecule has 0 amide bonds. The van der Waals surface area contributed by atoms with Crippen molar-refractivity contribution in [3.8, 4) is 5.75 Å². The quantitative estimate of drug-likeness (QED) is 0.585. The average Bonchev–Trinajstić information content (AvgIpc) is 2.09. The molecule has 1 aromatic rings. The number of halogens is 5. The lowest BCUT2D eigenvalue weighted by Crippen LogP contribution is -2.18. The second-order valence-corrected chi connectivity index (χ2v) is 4.44. The summed E-state index contributed by atoms with van der Waals surface area (Å²) in [5.74, 6) is -0.766. The van der Waals surface area contributed by atoms with Crippen LogP contribution in [0.1, 0.15) is 17.3 Å². The predicted octanol–water partition coefficient (Wildman–Crippen LogP) is 4.05. The Bertz CT molecular complexity index is 408. The maximum Gasteiger partial charge on any atom is 0.573 e. The van der Waals surface area contributed by atoms with E-state index in [1.807, 2.05) is 0 Å². The molecule has 1 rings (SSSR count). The SMILES string of the molecule is CC(=O)c1cc(Cl)c(OC(F)(F)F)c(I)c1. The number of carbonyl (C=O) groups is 1. The van der Waals surface area contributed by atoms with Crippen molar-refractivity contribution in [2.75, 3.05) is 0 Å². The van der Waals surface area contributed by atoms with Crippen LogP contribution in [-0.2, 0) is 0 Å². The van der Waals surface area contributed by atoms with Crippen LogP contribution in [0.25, 0.3) is 0 Å². The molecule has 0 aromatic heterocycles. The maximum absolute atomic E-state index is 12.0. The van der Waals surface area contributed by atoms with Crippen molar-refractivity contribution in [2.45, 2.75) is 13.3 Å². The first-order valence-electron chi connectivity index (χ1n) is 3.96. The number of rotatable bonds is 2. The Morgan fingerprint density at radius 2 is 2.00 bits per heavy atom. The van der Waals surface area contributed by atoms with Gasteiger partial charge < -0.3 is 4.74 Å². The molecule has 88 valence electrons.